The van der Waals surface area contributed by atoms with Gasteiger partial charge in [0.1, 0.15) is 0 Å². The standard InChI is InChI=1S/C19H40N6O/c1-3-20-19(22-8-6-10-25-15-17-26-18-16-25)21-7-4-5-9-24-13-11-23(2)12-14-24/h3-18H2,1-2H3,(H2,20,21,22). The minimum atomic E-state index is 0.877. The largest absolute Gasteiger partial charge is 0.379 e. The number of likely N-dealkylation sites (N-methyl/N-ethyl adjacent to an activating group) is 1. The minimum Gasteiger partial charge on any atom is -0.379 e. The second-order valence-electron chi connectivity index (χ2n) is 7.35. The SMILES string of the molecule is CCNC(=NCCCN1CCOCC1)NCCCCN1CCN(C)CC1. The first-order valence-electron chi connectivity index (χ1n) is 10.5. The first-order valence-corrected chi connectivity index (χ1v) is 10.5. The van der Waals surface area contributed by atoms with Gasteiger partial charge in [0, 0.05) is 65.4 Å². The Morgan fingerprint density at radius 2 is 1.58 bits per heavy atom. The van der Waals surface area contributed by atoms with Crippen LogP contribution in [0, 0.1) is 0 Å². The van der Waals surface area contributed by atoms with E-state index in [2.05, 4.69) is 39.3 Å². The molecule has 0 atom stereocenters. The second kappa shape index (κ2) is 13.3. The molecule has 2 rings (SSSR count). The van der Waals surface area contributed by atoms with E-state index in [1.807, 2.05) is 0 Å². The zero-order valence-corrected chi connectivity index (χ0v) is 17.0. The lowest BCUT2D eigenvalue weighted by Gasteiger charge is -2.32. The van der Waals surface area contributed by atoms with Crippen LogP contribution in [0.5, 0.6) is 0 Å². The molecule has 0 spiro atoms. The first kappa shape index (κ1) is 21.4. The zero-order chi connectivity index (χ0) is 18.5. The Labute approximate surface area is 160 Å². The molecule has 0 aromatic heterocycles. The maximum Gasteiger partial charge on any atom is 0.191 e. The summed E-state index contributed by atoms with van der Waals surface area (Å²) in [5.41, 5.74) is 0. The molecular weight excluding hydrogens is 328 g/mol. The van der Waals surface area contributed by atoms with Gasteiger partial charge in [0.2, 0.25) is 0 Å². The van der Waals surface area contributed by atoms with Crippen LogP contribution in [0.4, 0.5) is 0 Å². The number of guanidine groups is 1. The third-order valence-electron chi connectivity index (χ3n) is 5.14. The topological polar surface area (TPSA) is 55.4 Å². The van der Waals surface area contributed by atoms with Crippen LogP contribution in [0.25, 0.3) is 0 Å². The number of unbranched alkanes of at least 4 members (excludes halogenated alkanes) is 1. The highest BCUT2D eigenvalue weighted by Crippen LogP contribution is 2.01. The summed E-state index contributed by atoms with van der Waals surface area (Å²) < 4.78 is 5.39. The van der Waals surface area contributed by atoms with Crippen molar-refractivity contribution >= 4 is 5.96 Å². The van der Waals surface area contributed by atoms with E-state index < -0.39 is 0 Å². The van der Waals surface area contributed by atoms with E-state index in [4.69, 9.17) is 9.73 Å². The molecule has 7 heteroatoms. The van der Waals surface area contributed by atoms with Crippen molar-refractivity contribution in [1.29, 1.82) is 0 Å². The van der Waals surface area contributed by atoms with Gasteiger partial charge >= 0.3 is 0 Å². The number of rotatable bonds is 10. The van der Waals surface area contributed by atoms with Gasteiger partial charge in [-0.15, -0.1) is 0 Å². The van der Waals surface area contributed by atoms with Gasteiger partial charge in [0.25, 0.3) is 0 Å². The van der Waals surface area contributed by atoms with E-state index in [-0.39, 0.29) is 0 Å². The number of nitrogens with one attached hydrogen (secondary N) is 2. The van der Waals surface area contributed by atoms with Gasteiger partial charge in [0.05, 0.1) is 13.2 Å². The number of hydrogen-bond donors (Lipinski definition) is 2. The predicted octanol–water partition coefficient (Wildman–Crippen LogP) is 0.291. The normalized spacial score (nSPS) is 21.1. The van der Waals surface area contributed by atoms with E-state index in [1.54, 1.807) is 0 Å². The van der Waals surface area contributed by atoms with Crippen LogP contribution in [0.3, 0.4) is 0 Å². The maximum absolute atomic E-state index is 5.39. The summed E-state index contributed by atoms with van der Waals surface area (Å²) in [6.45, 7) is 16.0. The highest BCUT2D eigenvalue weighted by molar-refractivity contribution is 5.79. The van der Waals surface area contributed by atoms with Crippen LogP contribution >= 0.6 is 0 Å². The fraction of sp³-hybridized carbons (Fsp3) is 0.947. The van der Waals surface area contributed by atoms with Crippen LogP contribution in [-0.2, 0) is 4.74 Å². The molecule has 7 nitrogen and oxygen atoms in total. The number of nitrogens with zero attached hydrogens (tertiary/aromatic N) is 4. The van der Waals surface area contributed by atoms with Gasteiger partial charge in [-0.1, -0.05) is 0 Å². The van der Waals surface area contributed by atoms with E-state index in [0.717, 1.165) is 64.9 Å². The molecule has 0 saturated carbocycles. The molecule has 2 aliphatic rings. The van der Waals surface area contributed by atoms with Gasteiger partial charge in [-0.05, 0) is 39.8 Å². The highest BCUT2D eigenvalue weighted by atomic mass is 16.5. The van der Waals surface area contributed by atoms with Gasteiger partial charge in [-0.2, -0.15) is 0 Å². The number of hydrogen-bond acceptors (Lipinski definition) is 5. The van der Waals surface area contributed by atoms with Crippen molar-refractivity contribution in [3.05, 3.63) is 0 Å². The monoisotopic (exact) mass is 368 g/mol. The molecule has 152 valence electrons. The van der Waals surface area contributed by atoms with Gasteiger partial charge in [0.15, 0.2) is 5.96 Å². The highest BCUT2D eigenvalue weighted by Gasteiger charge is 2.12. The molecule has 0 aromatic carbocycles. The zero-order valence-electron chi connectivity index (χ0n) is 17.0. The van der Waals surface area contributed by atoms with Crippen LogP contribution in [0.15, 0.2) is 4.99 Å². The van der Waals surface area contributed by atoms with Crippen molar-refractivity contribution in [2.45, 2.75) is 26.2 Å². The van der Waals surface area contributed by atoms with Gasteiger partial charge < -0.3 is 25.2 Å². The Balaban J connectivity index is 1.52. The number of aliphatic imine (C=N–C) groups is 1. The summed E-state index contributed by atoms with van der Waals surface area (Å²) in [6.07, 6.45) is 3.57. The first-order chi connectivity index (χ1) is 12.8. The molecule has 0 unspecified atom stereocenters. The summed E-state index contributed by atoms with van der Waals surface area (Å²) in [7, 11) is 2.21. The molecule has 0 aromatic rings. The molecular formula is C19H40N6O. The molecule has 26 heavy (non-hydrogen) atoms. The minimum absolute atomic E-state index is 0.877. The Bertz CT molecular complexity index is 378. The van der Waals surface area contributed by atoms with Crippen molar-refractivity contribution in [1.82, 2.24) is 25.3 Å². The van der Waals surface area contributed by atoms with Crippen LogP contribution in [0.2, 0.25) is 0 Å². The predicted molar refractivity (Wildman–Crippen MR) is 109 cm³/mol. The van der Waals surface area contributed by atoms with Crippen molar-refractivity contribution in [3.63, 3.8) is 0 Å². The Morgan fingerprint density at radius 3 is 2.31 bits per heavy atom. The maximum atomic E-state index is 5.39. The third-order valence-corrected chi connectivity index (χ3v) is 5.14. The summed E-state index contributed by atoms with van der Waals surface area (Å²) in [5.74, 6) is 0.967. The van der Waals surface area contributed by atoms with Crippen LogP contribution < -0.4 is 10.6 Å². The molecule has 2 fully saturated rings. The summed E-state index contributed by atoms with van der Waals surface area (Å²) in [6, 6.07) is 0. The van der Waals surface area contributed by atoms with Crippen molar-refractivity contribution < 1.29 is 4.74 Å². The molecule has 0 radical (unpaired) electrons. The molecule has 0 bridgehead atoms. The van der Waals surface area contributed by atoms with E-state index >= 15 is 0 Å². The fourth-order valence-electron chi connectivity index (χ4n) is 3.39. The van der Waals surface area contributed by atoms with E-state index in [1.165, 1.54) is 45.6 Å². The number of morpholine rings is 1. The van der Waals surface area contributed by atoms with Crippen LogP contribution in [0.1, 0.15) is 26.2 Å². The molecule has 0 aliphatic carbocycles. The number of ether oxygens (including phenoxy) is 1. The summed E-state index contributed by atoms with van der Waals surface area (Å²) in [4.78, 5) is 12.2. The molecule has 2 N–H and O–H groups in total. The molecule has 2 aliphatic heterocycles. The van der Waals surface area contributed by atoms with E-state index in [9.17, 15) is 0 Å². The Kier molecular flexibility index (Phi) is 11.0. The van der Waals surface area contributed by atoms with Gasteiger partial charge in [-0.3, -0.25) is 9.89 Å². The lowest BCUT2D eigenvalue weighted by atomic mass is 10.2. The Hall–Kier alpha value is -0.890. The fourth-order valence-corrected chi connectivity index (χ4v) is 3.39. The van der Waals surface area contributed by atoms with Crippen LogP contribution in [-0.4, -0.2) is 113 Å². The average molecular weight is 369 g/mol. The smallest absolute Gasteiger partial charge is 0.191 e. The third kappa shape index (κ3) is 9.16. The number of piperazine rings is 1. The molecule has 2 heterocycles. The summed E-state index contributed by atoms with van der Waals surface area (Å²) in [5, 5.41) is 6.84. The van der Waals surface area contributed by atoms with E-state index in [0.29, 0.717) is 0 Å². The average Bonchev–Trinajstić information content (AvgIpc) is 2.67. The Morgan fingerprint density at radius 1 is 0.885 bits per heavy atom. The van der Waals surface area contributed by atoms with Crippen molar-refractivity contribution in [3.8, 4) is 0 Å². The lowest BCUT2D eigenvalue weighted by molar-refractivity contribution is 0.0377. The van der Waals surface area contributed by atoms with Gasteiger partial charge in [-0.25, -0.2) is 0 Å². The van der Waals surface area contributed by atoms with Crippen molar-refractivity contribution in [2.24, 2.45) is 4.99 Å². The molecule has 2 saturated heterocycles. The van der Waals surface area contributed by atoms with Crippen molar-refractivity contribution in [2.75, 3.05) is 92.3 Å². The quantitative estimate of drug-likeness (QED) is 0.328. The molecule has 0 amide bonds. The summed E-state index contributed by atoms with van der Waals surface area (Å²) >= 11 is 0. The lowest BCUT2D eigenvalue weighted by Crippen LogP contribution is -2.44. The second-order valence-corrected chi connectivity index (χ2v) is 7.35.